The molecule has 4 heteroatoms. The van der Waals surface area contributed by atoms with E-state index in [1.807, 2.05) is 36.4 Å². The molecule has 0 saturated heterocycles. The number of hydrogen-bond donors (Lipinski definition) is 1. The van der Waals surface area contributed by atoms with Crippen molar-refractivity contribution in [3.05, 3.63) is 59.7 Å². The molecule has 0 amide bonds. The minimum atomic E-state index is -0.855. The molecule has 1 N–H and O–H groups in total. The molecule has 0 aromatic heterocycles. The van der Waals surface area contributed by atoms with E-state index in [1.54, 1.807) is 6.92 Å². The Balaban J connectivity index is 1.79. The van der Waals surface area contributed by atoms with Crippen LogP contribution in [-0.4, -0.2) is 24.3 Å². The lowest BCUT2D eigenvalue weighted by Crippen LogP contribution is -2.11. The Morgan fingerprint density at radius 2 is 1.69 bits per heavy atom. The highest BCUT2D eigenvalue weighted by atomic mass is 16.5. The van der Waals surface area contributed by atoms with Gasteiger partial charge in [0.15, 0.2) is 0 Å². The highest BCUT2D eigenvalue weighted by Gasteiger charge is 2.14. The lowest BCUT2D eigenvalue weighted by molar-refractivity contribution is -0.137. The first-order valence-electron chi connectivity index (χ1n) is 9.90. The second-order valence-electron chi connectivity index (χ2n) is 7.94. The highest BCUT2D eigenvalue weighted by molar-refractivity contribution is 5.69. The molecule has 0 fully saturated rings. The van der Waals surface area contributed by atoms with Crippen molar-refractivity contribution in [2.45, 2.75) is 51.9 Å². The second-order valence-corrected chi connectivity index (χ2v) is 7.94. The average Bonchev–Trinajstić information content (AvgIpc) is 2.67. The maximum absolute atomic E-state index is 11.0. The van der Waals surface area contributed by atoms with E-state index in [-0.39, 0.29) is 17.8 Å². The van der Waals surface area contributed by atoms with Gasteiger partial charge in [0.25, 0.3) is 0 Å². The molecular formula is C25H30O4. The number of carboxylic acids is 1. The molecule has 0 spiro atoms. The quantitative estimate of drug-likeness (QED) is 0.456. The van der Waals surface area contributed by atoms with E-state index in [0.29, 0.717) is 13.2 Å². The zero-order chi connectivity index (χ0) is 21.3. The van der Waals surface area contributed by atoms with Gasteiger partial charge in [0, 0.05) is 6.42 Å². The molecule has 1 unspecified atom stereocenters. The molecule has 1 atom stereocenters. The number of carboxylic acid groups (broad SMARTS) is 1. The fourth-order valence-corrected chi connectivity index (χ4v) is 2.89. The zero-order valence-corrected chi connectivity index (χ0v) is 17.7. The molecule has 154 valence electrons. The Labute approximate surface area is 173 Å². The van der Waals surface area contributed by atoms with Crippen molar-refractivity contribution >= 4 is 5.97 Å². The van der Waals surface area contributed by atoms with Gasteiger partial charge in [-0.25, -0.2) is 0 Å². The van der Waals surface area contributed by atoms with Crippen molar-refractivity contribution in [3.8, 4) is 23.3 Å². The lowest BCUT2D eigenvalue weighted by Gasteiger charge is -2.19. The molecule has 0 saturated carbocycles. The van der Waals surface area contributed by atoms with Gasteiger partial charge in [-0.2, -0.15) is 0 Å². The Morgan fingerprint density at radius 3 is 2.28 bits per heavy atom. The first-order chi connectivity index (χ1) is 13.8. The highest BCUT2D eigenvalue weighted by Crippen LogP contribution is 2.26. The molecule has 2 rings (SSSR count). The molecule has 2 aromatic rings. The molecule has 0 aliphatic carbocycles. The van der Waals surface area contributed by atoms with Crippen molar-refractivity contribution < 1.29 is 19.4 Å². The predicted molar refractivity (Wildman–Crippen MR) is 116 cm³/mol. The van der Waals surface area contributed by atoms with E-state index in [1.165, 1.54) is 5.56 Å². The largest absolute Gasteiger partial charge is 0.493 e. The van der Waals surface area contributed by atoms with Crippen LogP contribution in [0.15, 0.2) is 48.5 Å². The van der Waals surface area contributed by atoms with Crippen LogP contribution >= 0.6 is 0 Å². The van der Waals surface area contributed by atoms with Crippen LogP contribution in [-0.2, 0) is 10.2 Å². The van der Waals surface area contributed by atoms with E-state index in [2.05, 4.69) is 44.7 Å². The Bertz CT molecular complexity index is 851. The molecule has 29 heavy (non-hydrogen) atoms. The van der Waals surface area contributed by atoms with Crippen molar-refractivity contribution in [2.24, 2.45) is 0 Å². The second kappa shape index (κ2) is 10.6. The molecule has 2 aromatic carbocycles. The van der Waals surface area contributed by atoms with Crippen LogP contribution in [0.25, 0.3) is 0 Å². The summed E-state index contributed by atoms with van der Waals surface area (Å²) in [5.41, 5.74) is 2.23. The number of rotatable bonds is 9. The van der Waals surface area contributed by atoms with Crippen LogP contribution in [0, 0.1) is 11.8 Å². The van der Waals surface area contributed by atoms with Gasteiger partial charge in [-0.3, -0.25) is 4.79 Å². The topological polar surface area (TPSA) is 55.8 Å². The van der Waals surface area contributed by atoms with Crippen molar-refractivity contribution in [1.82, 2.24) is 0 Å². The maximum Gasteiger partial charge on any atom is 0.304 e. The molecular weight excluding hydrogens is 364 g/mol. The van der Waals surface area contributed by atoms with Crippen LogP contribution in [0.1, 0.15) is 57.6 Å². The van der Waals surface area contributed by atoms with Gasteiger partial charge in [0.05, 0.1) is 25.6 Å². The number of hydrogen-bond acceptors (Lipinski definition) is 3. The summed E-state index contributed by atoms with van der Waals surface area (Å²) in [6, 6.07) is 15.7. The summed E-state index contributed by atoms with van der Waals surface area (Å²) in [5, 5.41) is 9.03. The summed E-state index contributed by atoms with van der Waals surface area (Å²) < 4.78 is 11.6. The molecule has 4 nitrogen and oxygen atoms in total. The molecule has 0 radical (unpaired) electrons. The summed E-state index contributed by atoms with van der Waals surface area (Å²) in [7, 11) is 0. The third-order valence-corrected chi connectivity index (χ3v) is 4.51. The van der Waals surface area contributed by atoms with Crippen molar-refractivity contribution in [1.29, 1.82) is 0 Å². The van der Waals surface area contributed by atoms with Crippen molar-refractivity contribution in [2.75, 3.05) is 13.2 Å². The predicted octanol–water partition coefficient (Wildman–Crippen LogP) is 5.41. The van der Waals surface area contributed by atoms with Gasteiger partial charge < -0.3 is 14.6 Å². The fraction of sp³-hybridized carbons (Fsp3) is 0.400. The maximum atomic E-state index is 11.0. The summed E-state index contributed by atoms with van der Waals surface area (Å²) in [6.45, 7) is 9.40. The van der Waals surface area contributed by atoms with Crippen LogP contribution in [0.5, 0.6) is 11.5 Å². The van der Waals surface area contributed by atoms with E-state index < -0.39 is 5.97 Å². The summed E-state index contributed by atoms with van der Waals surface area (Å²) >= 11 is 0. The van der Waals surface area contributed by atoms with Crippen LogP contribution in [0.2, 0.25) is 0 Å². The molecule has 0 heterocycles. The minimum Gasteiger partial charge on any atom is -0.493 e. The van der Waals surface area contributed by atoms with Crippen LogP contribution in [0.3, 0.4) is 0 Å². The summed E-state index contributed by atoms with van der Waals surface area (Å²) in [5.74, 6) is 6.22. The molecule has 0 bridgehead atoms. The van der Waals surface area contributed by atoms with Gasteiger partial charge >= 0.3 is 5.97 Å². The van der Waals surface area contributed by atoms with E-state index in [4.69, 9.17) is 14.6 Å². The standard InChI is InChI=1S/C25H30O4/c1-5-8-20(17-24(26)27)19-11-13-22(14-12-19)28-15-7-16-29-23-10-6-9-21(18-23)25(2,3)4/h6,9-14,18,20H,7,15-17H2,1-4H3,(H,26,27). The summed E-state index contributed by atoms with van der Waals surface area (Å²) in [4.78, 5) is 11.0. The SMILES string of the molecule is CC#CC(CC(=O)O)c1ccc(OCCCOc2cccc(C(C)(C)C)c2)cc1. The number of ether oxygens (including phenoxy) is 2. The van der Waals surface area contributed by atoms with Crippen molar-refractivity contribution in [3.63, 3.8) is 0 Å². The Hall–Kier alpha value is -2.93. The third-order valence-electron chi connectivity index (χ3n) is 4.51. The molecule has 0 aliphatic rings. The van der Waals surface area contributed by atoms with Crippen LogP contribution in [0.4, 0.5) is 0 Å². The van der Waals surface area contributed by atoms with Crippen LogP contribution < -0.4 is 9.47 Å². The Morgan fingerprint density at radius 1 is 1.03 bits per heavy atom. The monoisotopic (exact) mass is 394 g/mol. The first kappa shape index (κ1) is 22.4. The van der Waals surface area contributed by atoms with Gasteiger partial charge in [-0.05, 0) is 47.7 Å². The van der Waals surface area contributed by atoms with E-state index in [9.17, 15) is 4.79 Å². The normalized spacial score (nSPS) is 11.9. The average molecular weight is 395 g/mol. The van der Waals surface area contributed by atoms with Gasteiger partial charge in [0.2, 0.25) is 0 Å². The number of benzene rings is 2. The molecule has 0 aliphatic heterocycles. The third kappa shape index (κ3) is 7.54. The minimum absolute atomic E-state index is 0.00516. The Kier molecular flexibility index (Phi) is 8.15. The van der Waals surface area contributed by atoms with Gasteiger partial charge in [-0.1, -0.05) is 51.0 Å². The lowest BCUT2D eigenvalue weighted by atomic mass is 9.87. The summed E-state index contributed by atoms with van der Waals surface area (Å²) in [6.07, 6.45) is 0.763. The first-order valence-corrected chi connectivity index (χ1v) is 9.90. The van der Waals surface area contributed by atoms with E-state index in [0.717, 1.165) is 23.5 Å². The van der Waals surface area contributed by atoms with Gasteiger partial charge in [-0.15, -0.1) is 5.92 Å². The number of aliphatic carboxylic acids is 1. The van der Waals surface area contributed by atoms with Gasteiger partial charge in [0.1, 0.15) is 11.5 Å². The number of carbonyl (C=O) groups is 1. The van der Waals surface area contributed by atoms with E-state index >= 15 is 0 Å². The fourth-order valence-electron chi connectivity index (χ4n) is 2.89. The smallest absolute Gasteiger partial charge is 0.304 e. The zero-order valence-electron chi connectivity index (χ0n) is 17.7.